The van der Waals surface area contributed by atoms with Crippen molar-refractivity contribution in [2.24, 2.45) is 5.41 Å². The minimum Gasteiger partial charge on any atom is -0.379 e. The Morgan fingerprint density at radius 3 is 2.53 bits per heavy atom. The van der Waals surface area contributed by atoms with Gasteiger partial charge >= 0.3 is 6.18 Å². The lowest BCUT2D eigenvalue weighted by Gasteiger charge is -2.35. The van der Waals surface area contributed by atoms with Crippen molar-refractivity contribution < 1.29 is 22.7 Å². The molecule has 0 saturated carbocycles. The van der Waals surface area contributed by atoms with Crippen LogP contribution in [0.25, 0.3) is 0 Å². The van der Waals surface area contributed by atoms with Crippen molar-refractivity contribution in [1.29, 1.82) is 0 Å². The number of amides is 1. The maximum Gasteiger partial charge on any atom is 0.404 e. The van der Waals surface area contributed by atoms with Crippen LogP contribution in [0.15, 0.2) is 47.8 Å². The number of likely N-dealkylation sites (tertiary alicyclic amines) is 1. The van der Waals surface area contributed by atoms with Gasteiger partial charge in [0.2, 0.25) is 5.91 Å². The van der Waals surface area contributed by atoms with Crippen LogP contribution in [0.2, 0.25) is 0 Å². The second-order valence-corrected chi connectivity index (χ2v) is 9.39. The predicted octanol–water partition coefficient (Wildman–Crippen LogP) is 3.69. The number of alkyl halides is 3. The van der Waals surface area contributed by atoms with Gasteiger partial charge in [-0.2, -0.15) is 13.2 Å². The van der Waals surface area contributed by atoms with Crippen molar-refractivity contribution >= 4 is 17.2 Å². The predicted molar refractivity (Wildman–Crippen MR) is 117 cm³/mol. The minimum absolute atomic E-state index is 0.149. The Morgan fingerprint density at radius 2 is 1.88 bits per heavy atom. The summed E-state index contributed by atoms with van der Waals surface area (Å²) in [5.74, 6) is -0.921. The first-order valence-corrected chi connectivity index (χ1v) is 11.7. The van der Waals surface area contributed by atoms with Gasteiger partial charge in [-0.1, -0.05) is 36.4 Å². The van der Waals surface area contributed by atoms with E-state index in [-0.39, 0.29) is 32.1 Å². The summed E-state index contributed by atoms with van der Waals surface area (Å²) in [7, 11) is 0. The van der Waals surface area contributed by atoms with Gasteiger partial charge in [0.1, 0.15) is 0 Å². The van der Waals surface area contributed by atoms with E-state index >= 15 is 0 Å². The van der Waals surface area contributed by atoms with Crippen molar-refractivity contribution in [2.75, 3.05) is 45.9 Å². The SMILES string of the molecule is O=C(NCC(c1cccs1)N1CCOCC1)C1(C(F)(F)F)CCN(Cc2ccccc2)C1. The molecule has 0 spiro atoms. The molecule has 5 nitrogen and oxygen atoms in total. The van der Waals surface area contributed by atoms with E-state index in [1.807, 2.05) is 47.8 Å². The Hall–Kier alpha value is -1.94. The van der Waals surface area contributed by atoms with Crippen LogP contribution in [0.5, 0.6) is 0 Å². The number of thiophene rings is 1. The number of benzene rings is 1. The summed E-state index contributed by atoms with van der Waals surface area (Å²) in [5, 5.41) is 4.63. The second-order valence-electron chi connectivity index (χ2n) is 8.42. The van der Waals surface area contributed by atoms with Crippen LogP contribution >= 0.6 is 11.3 Å². The first kappa shape index (κ1) is 23.2. The molecule has 2 aliphatic heterocycles. The van der Waals surface area contributed by atoms with Gasteiger partial charge in [0, 0.05) is 37.6 Å². The van der Waals surface area contributed by atoms with E-state index in [2.05, 4.69) is 10.2 Å². The van der Waals surface area contributed by atoms with Gasteiger partial charge in [0.05, 0.1) is 19.3 Å². The summed E-state index contributed by atoms with van der Waals surface area (Å²) in [4.78, 5) is 18.0. The molecule has 2 fully saturated rings. The van der Waals surface area contributed by atoms with E-state index in [4.69, 9.17) is 4.74 Å². The van der Waals surface area contributed by atoms with Crippen molar-refractivity contribution in [2.45, 2.75) is 25.2 Å². The van der Waals surface area contributed by atoms with E-state index in [1.165, 1.54) is 0 Å². The number of carbonyl (C=O) groups is 1. The molecule has 1 aromatic heterocycles. The molecule has 9 heteroatoms. The molecule has 1 aromatic carbocycles. The van der Waals surface area contributed by atoms with Gasteiger partial charge in [0.15, 0.2) is 5.41 Å². The van der Waals surface area contributed by atoms with E-state index in [1.54, 1.807) is 16.2 Å². The molecule has 174 valence electrons. The summed E-state index contributed by atoms with van der Waals surface area (Å²) in [6, 6.07) is 13.1. The molecule has 3 heterocycles. The van der Waals surface area contributed by atoms with Crippen LogP contribution in [-0.2, 0) is 16.1 Å². The number of nitrogens with zero attached hydrogens (tertiary/aromatic N) is 2. The molecule has 0 aliphatic carbocycles. The van der Waals surface area contributed by atoms with Gasteiger partial charge in [-0.25, -0.2) is 0 Å². The third-order valence-corrected chi connectivity index (χ3v) is 7.36. The topological polar surface area (TPSA) is 44.8 Å². The number of halogens is 3. The van der Waals surface area contributed by atoms with Crippen LogP contribution in [0.1, 0.15) is 22.9 Å². The highest BCUT2D eigenvalue weighted by Gasteiger charge is 2.62. The van der Waals surface area contributed by atoms with Crippen molar-refractivity contribution in [3.05, 3.63) is 58.3 Å². The summed E-state index contributed by atoms with van der Waals surface area (Å²) < 4.78 is 48.1. The van der Waals surface area contributed by atoms with Gasteiger partial charge in [-0.3, -0.25) is 14.6 Å². The third kappa shape index (κ3) is 5.01. The molecular weight excluding hydrogens is 439 g/mol. The van der Waals surface area contributed by atoms with Gasteiger partial charge in [0.25, 0.3) is 0 Å². The van der Waals surface area contributed by atoms with Gasteiger partial charge in [-0.15, -0.1) is 11.3 Å². The van der Waals surface area contributed by atoms with Crippen LogP contribution in [0.4, 0.5) is 13.2 Å². The van der Waals surface area contributed by atoms with E-state index in [0.29, 0.717) is 32.8 Å². The first-order valence-electron chi connectivity index (χ1n) is 10.9. The summed E-state index contributed by atoms with van der Waals surface area (Å²) in [6.07, 6.45) is -4.84. The molecule has 2 saturated heterocycles. The quantitative estimate of drug-likeness (QED) is 0.675. The first-order chi connectivity index (χ1) is 15.4. The number of carbonyl (C=O) groups excluding carboxylic acids is 1. The molecule has 2 atom stereocenters. The Morgan fingerprint density at radius 1 is 1.12 bits per heavy atom. The monoisotopic (exact) mass is 467 g/mol. The van der Waals surface area contributed by atoms with Crippen LogP contribution < -0.4 is 5.32 Å². The fourth-order valence-corrected chi connectivity index (χ4v) is 5.41. The highest BCUT2D eigenvalue weighted by Crippen LogP contribution is 2.46. The Labute approximate surface area is 190 Å². The number of ether oxygens (including phenoxy) is 1. The van der Waals surface area contributed by atoms with Crippen LogP contribution in [-0.4, -0.2) is 67.8 Å². The van der Waals surface area contributed by atoms with E-state index in [9.17, 15) is 18.0 Å². The number of nitrogens with one attached hydrogen (secondary N) is 1. The lowest BCUT2D eigenvalue weighted by molar-refractivity contribution is -0.218. The molecule has 0 bridgehead atoms. The number of rotatable bonds is 7. The molecule has 0 radical (unpaired) electrons. The smallest absolute Gasteiger partial charge is 0.379 e. The summed E-state index contributed by atoms with van der Waals surface area (Å²) in [5.41, 5.74) is -1.44. The largest absolute Gasteiger partial charge is 0.404 e. The third-order valence-electron chi connectivity index (χ3n) is 6.39. The van der Waals surface area contributed by atoms with Gasteiger partial charge in [-0.05, 0) is 30.0 Å². The molecule has 2 aromatic rings. The summed E-state index contributed by atoms with van der Waals surface area (Å²) >= 11 is 1.55. The zero-order valence-electron chi connectivity index (χ0n) is 17.8. The Balaban J connectivity index is 1.46. The van der Waals surface area contributed by atoms with Crippen LogP contribution in [0, 0.1) is 5.41 Å². The maximum atomic E-state index is 14.2. The van der Waals surface area contributed by atoms with Crippen molar-refractivity contribution in [1.82, 2.24) is 15.1 Å². The number of hydrogen-bond donors (Lipinski definition) is 1. The minimum atomic E-state index is -4.61. The fourth-order valence-electron chi connectivity index (χ4n) is 4.55. The molecule has 2 unspecified atom stereocenters. The van der Waals surface area contributed by atoms with E-state index < -0.39 is 17.5 Å². The molecule has 32 heavy (non-hydrogen) atoms. The lowest BCUT2D eigenvalue weighted by atomic mass is 9.85. The normalized spacial score (nSPS) is 23.8. The number of morpholine rings is 1. The molecular formula is C23H28F3N3O2S. The second kappa shape index (κ2) is 9.91. The molecule has 2 aliphatic rings. The average molecular weight is 468 g/mol. The van der Waals surface area contributed by atoms with Crippen molar-refractivity contribution in [3.8, 4) is 0 Å². The lowest BCUT2D eigenvalue weighted by Crippen LogP contribution is -2.54. The molecule has 1 N–H and O–H groups in total. The highest BCUT2D eigenvalue weighted by atomic mass is 32.1. The highest BCUT2D eigenvalue weighted by molar-refractivity contribution is 7.10. The van der Waals surface area contributed by atoms with Crippen LogP contribution in [0.3, 0.4) is 0 Å². The average Bonchev–Trinajstić information content (AvgIpc) is 3.46. The molecule has 1 amide bonds. The zero-order chi connectivity index (χ0) is 22.6. The zero-order valence-corrected chi connectivity index (χ0v) is 18.6. The summed E-state index contributed by atoms with van der Waals surface area (Å²) in [6.45, 7) is 3.00. The maximum absolute atomic E-state index is 14.2. The van der Waals surface area contributed by atoms with Crippen molar-refractivity contribution in [3.63, 3.8) is 0 Å². The Bertz CT molecular complexity index is 872. The Kier molecular flexibility index (Phi) is 7.19. The fraction of sp³-hybridized carbons (Fsp3) is 0.522. The van der Waals surface area contributed by atoms with E-state index in [0.717, 1.165) is 10.4 Å². The van der Waals surface area contributed by atoms with Gasteiger partial charge < -0.3 is 10.1 Å². The standard InChI is InChI=1S/C23H28F3N3O2S/c24-23(25,26)22(8-9-28(17-22)16-18-5-2-1-3-6-18)21(30)27-15-19(20-7-4-14-32-20)29-10-12-31-13-11-29/h1-7,14,19H,8-13,15-17H2,(H,27,30). The molecule has 4 rings (SSSR count). The number of hydrogen-bond acceptors (Lipinski definition) is 5.